The van der Waals surface area contributed by atoms with Crippen LogP contribution in [0.4, 0.5) is 4.39 Å². The van der Waals surface area contributed by atoms with Gasteiger partial charge in [0.15, 0.2) is 5.78 Å². The van der Waals surface area contributed by atoms with E-state index in [1.165, 1.54) is 12.1 Å². The Morgan fingerprint density at radius 3 is 2.77 bits per heavy atom. The van der Waals surface area contributed by atoms with Gasteiger partial charge in [-0.25, -0.2) is 4.39 Å². The zero-order valence-electron chi connectivity index (χ0n) is 6.69. The number of alkyl halides is 1. The molecule has 0 atom stereocenters. The first-order chi connectivity index (χ1) is 6.16. The molecule has 1 rings (SSSR count). The number of rotatable bonds is 3. The standard InChI is InChI=1S/C9H7BrClFO/c10-6-2-1-3-7(12)9(6)8(13)4-5-11/h1-3H,4-5H2. The number of Topliss-reactive ketones (excluding diaryl/α,β-unsaturated/α-hetero) is 1. The molecule has 0 aliphatic rings. The molecule has 0 bridgehead atoms. The summed E-state index contributed by atoms with van der Waals surface area (Å²) in [6.45, 7) is 0. The Labute approximate surface area is 89.0 Å². The summed E-state index contributed by atoms with van der Waals surface area (Å²) in [6, 6.07) is 4.42. The molecule has 1 aromatic carbocycles. The second-order valence-corrected chi connectivity index (χ2v) is 3.69. The van der Waals surface area contributed by atoms with Crippen molar-refractivity contribution in [2.45, 2.75) is 6.42 Å². The van der Waals surface area contributed by atoms with E-state index >= 15 is 0 Å². The first-order valence-corrected chi connectivity index (χ1v) is 5.02. The Bertz CT molecular complexity index is 307. The molecule has 0 saturated heterocycles. The largest absolute Gasteiger partial charge is 0.294 e. The summed E-state index contributed by atoms with van der Waals surface area (Å²) in [6.07, 6.45) is 0.154. The average molecular weight is 266 g/mol. The van der Waals surface area contributed by atoms with Gasteiger partial charge >= 0.3 is 0 Å². The van der Waals surface area contributed by atoms with Crippen molar-refractivity contribution in [1.29, 1.82) is 0 Å². The van der Waals surface area contributed by atoms with Gasteiger partial charge in [-0.1, -0.05) is 6.07 Å². The fourth-order valence-electron chi connectivity index (χ4n) is 0.975. The molecule has 0 fully saturated rings. The lowest BCUT2D eigenvalue weighted by atomic mass is 10.1. The van der Waals surface area contributed by atoms with Crippen LogP contribution in [-0.4, -0.2) is 11.7 Å². The van der Waals surface area contributed by atoms with Crippen molar-refractivity contribution in [2.24, 2.45) is 0 Å². The van der Waals surface area contributed by atoms with Crippen molar-refractivity contribution in [3.63, 3.8) is 0 Å². The van der Waals surface area contributed by atoms with Crippen molar-refractivity contribution in [1.82, 2.24) is 0 Å². The van der Waals surface area contributed by atoms with E-state index in [0.29, 0.717) is 4.47 Å². The highest BCUT2D eigenvalue weighted by atomic mass is 79.9. The fourth-order valence-corrected chi connectivity index (χ4v) is 1.71. The number of carbonyl (C=O) groups excluding carboxylic acids is 1. The fraction of sp³-hybridized carbons (Fsp3) is 0.222. The average Bonchev–Trinajstić information content (AvgIpc) is 2.04. The van der Waals surface area contributed by atoms with E-state index < -0.39 is 5.82 Å². The highest BCUT2D eigenvalue weighted by Gasteiger charge is 2.13. The summed E-state index contributed by atoms with van der Waals surface area (Å²) in [5.41, 5.74) is 0.0863. The maximum atomic E-state index is 13.1. The third-order valence-corrected chi connectivity index (χ3v) is 2.41. The van der Waals surface area contributed by atoms with Gasteiger partial charge < -0.3 is 0 Å². The number of carbonyl (C=O) groups is 1. The van der Waals surface area contributed by atoms with Crippen LogP contribution in [0.2, 0.25) is 0 Å². The highest BCUT2D eigenvalue weighted by molar-refractivity contribution is 9.10. The normalized spacial score (nSPS) is 10.1. The van der Waals surface area contributed by atoms with Crippen LogP contribution in [0.5, 0.6) is 0 Å². The minimum absolute atomic E-state index is 0.0863. The minimum Gasteiger partial charge on any atom is -0.294 e. The lowest BCUT2D eigenvalue weighted by molar-refractivity contribution is 0.0984. The third-order valence-electron chi connectivity index (χ3n) is 1.56. The summed E-state index contributed by atoms with van der Waals surface area (Å²) in [7, 11) is 0. The molecule has 70 valence electrons. The monoisotopic (exact) mass is 264 g/mol. The molecule has 4 heteroatoms. The number of hydrogen-bond donors (Lipinski definition) is 0. The van der Waals surface area contributed by atoms with Crippen LogP contribution in [0, 0.1) is 5.82 Å². The first kappa shape index (κ1) is 10.7. The number of hydrogen-bond acceptors (Lipinski definition) is 1. The van der Waals surface area contributed by atoms with Gasteiger partial charge in [-0.2, -0.15) is 0 Å². The molecule has 13 heavy (non-hydrogen) atoms. The molecular weight excluding hydrogens is 258 g/mol. The maximum absolute atomic E-state index is 13.1. The molecule has 0 spiro atoms. The predicted molar refractivity (Wildman–Crippen MR) is 53.8 cm³/mol. The number of halogens is 3. The van der Waals surface area contributed by atoms with Crippen LogP contribution < -0.4 is 0 Å². The van der Waals surface area contributed by atoms with Crippen LogP contribution >= 0.6 is 27.5 Å². The summed E-state index contributed by atoms with van der Waals surface area (Å²) in [4.78, 5) is 11.3. The lowest BCUT2D eigenvalue weighted by Gasteiger charge is -2.02. The molecule has 0 radical (unpaired) electrons. The van der Waals surface area contributed by atoms with E-state index in [2.05, 4.69) is 15.9 Å². The molecule has 0 unspecified atom stereocenters. The van der Waals surface area contributed by atoms with Crippen molar-refractivity contribution >= 4 is 33.3 Å². The Morgan fingerprint density at radius 1 is 1.54 bits per heavy atom. The van der Waals surface area contributed by atoms with Crippen molar-refractivity contribution in [2.75, 3.05) is 5.88 Å². The van der Waals surface area contributed by atoms with Crippen LogP contribution in [0.25, 0.3) is 0 Å². The molecule has 0 aliphatic carbocycles. The zero-order chi connectivity index (χ0) is 9.84. The first-order valence-electron chi connectivity index (χ1n) is 3.70. The van der Waals surface area contributed by atoms with Crippen LogP contribution in [0.1, 0.15) is 16.8 Å². The summed E-state index contributed by atoms with van der Waals surface area (Å²) in [5, 5.41) is 0. The van der Waals surface area contributed by atoms with Crippen LogP contribution in [0.3, 0.4) is 0 Å². The minimum atomic E-state index is -0.510. The van der Waals surface area contributed by atoms with E-state index in [-0.39, 0.29) is 23.6 Å². The summed E-state index contributed by atoms with van der Waals surface area (Å²) in [5.74, 6) is -0.580. The van der Waals surface area contributed by atoms with E-state index in [9.17, 15) is 9.18 Å². The second-order valence-electron chi connectivity index (χ2n) is 2.46. The van der Waals surface area contributed by atoms with E-state index in [4.69, 9.17) is 11.6 Å². The maximum Gasteiger partial charge on any atom is 0.168 e. The quantitative estimate of drug-likeness (QED) is 0.605. The molecule has 0 aliphatic heterocycles. The molecule has 0 amide bonds. The predicted octanol–water partition coefficient (Wildman–Crippen LogP) is 3.40. The number of ketones is 1. The molecule has 0 aromatic heterocycles. The molecule has 0 saturated carbocycles. The zero-order valence-corrected chi connectivity index (χ0v) is 9.03. The Kier molecular flexibility index (Phi) is 3.88. The van der Waals surface area contributed by atoms with Gasteiger partial charge in [-0.05, 0) is 28.1 Å². The molecule has 0 heterocycles. The van der Waals surface area contributed by atoms with Gasteiger partial charge in [-0.15, -0.1) is 11.6 Å². The van der Waals surface area contributed by atoms with Gasteiger partial charge in [0.2, 0.25) is 0 Å². The van der Waals surface area contributed by atoms with Crippen molar-refractivity contribution in [3.8, 4) is 0 Å². The Hall–Kier alpha value is -0.410. The van der Waals surface area contributed by atoms with E-state index in [1.54, 1.807) is 6.07 Å². The summed E-state index contributed by atoms with van der Waals surface area (Å²) >= 11 is 8.51. The number of benzene rings is 1. The smallest absolute Gasteiger partial charge is 0.168 e. The lowest BCUT2D eigenvalue weighted by Crippen LogP contribution is -2.03. The highest BCUT2D eigenvalue weighted by Crippen LogP contribution is 2.21. The van der Waals surface area contributed by atoms with Gasteiger partial charge in [0.25, 0.3) is 0 Å². The summed E-state index contributed by atoms with van der Waals surface area (Å²) < 4.78 is 13.6. The molecule has 0 N–H and O–H groups in total. The van der Waals surface area contributed by atoms with Crippen LogP contribution in [-0.2, 0) is 0 Å². The molecule has 1 nitrogen and oxygen atoms in total. The van der Waals surface area contributed by atoms with Gasteiger partial charge in [0.05, 0.1) is 5.56 Å². The van der Waals surface area contributed by atoms with E-state index in [1.807, 2.05) is 0 Å². The van der Waals surface area contributed by atoms with Crippen molar-refractivity contribution in [3.05, 3.63) is 34.1 Å². The van der Waals surface area contributed by atoms with Gasteiger partial charge in [0.1, 0.15) is 5.82 Å². The molecule has 1 aromatic rings. The topological polar surface area (TPSA) is 17.1 Å². The Morgan fingerprint density at radius 2 is 2.23 bits per heavy atom. The van der Waals surface area contributed by atoms with Gasteiger partial charge in [0, 0.05) is 16.8 Å². The van der Waals surface area contributed by atoms with Crippen molar-refractivity contribution < 1.29 is 9.18 Å². The van der Waals surface area contributed by atoms with Gasteiger partial charge in [-0.3, -0.25) is 4.79 Å². The Balaban J connectivity index is 3.05. The molecular formula is C9H7BrClFO. The second kappa shape index (κ2) is 4.72. The van der Waals surface area contributed by atoms with E-state index in [0.717, 1.165) is 0 Å². The van der Waals surface area contributed by atoms with Crippen LogP contribution in [0.15, 0.2) is 22.7 Å². The third kappa shape index (κ3) is 2.51. The SMILES string of the molecule is O=C(CCCl)c1c(F)cccc1Br.